The summed E-state index contributed by atoms with van der Waals surface area (Å²) in [5.41, 5.74) is 0. The van der Waals surface area contributed by atoms with Gasteiger partial charge in [0.05, 0.1) is 0 Å². The van der Waals surface area contributed by atoms with Crippen molar-refractivity contribution in [3.63, 3.8) is 0 Å². The van der Waals surface area contributed by atoms with Crippen LogP contribution in [0.25, 0.3) is 0 Å². The van der Waals surface area contributed by atoms with E-state index in [1.165, 1.54) is 18.6 Å². The SMILES string of the molecule is [Cl][Ir]([Cl])([Cl])([Cl])([Cl])[c]1cnccn1. The van der Waals surface area contributed by atoms with Crippen LogP contribution in [0, 0.1) is 0 Å². The molecule has 1 aromatic heterocycles. The first-order chi connectivity index (χ1) is 5.09. The van der Waals surface area contributed by atoms with Gasteiger partial charge in [-0.15, -0.1) is 0 Å². The van der Waals surface area contributed by atoms with Crippen LogP contribution in [0.3, 0.4) is 0 Å². The van der Waals surface area contributed by atoms with Gasteiger partial charge in [0.1, 0.15) is 0 Å². The van der Waals surface area contributed by atoms with E-state index in [0.29, 0.717) is 0 Å². The molecule has 0 aliphatic carbocycles. The van der Waals surface area contributed by atoms with Gasteiger partial charge in [-0.3, -0.25) is 0 Å². The molecule has 0 bridgehead atoms. The fourth-order valence-electron chi connectivity index (χ4n) is 0.437. The third-order valence-corrected chi connectivity index (χ3v) is 9.06. The Bertz CT molecular complexity index is 291. The summed E-state index contributed by atoms with van der Waals surface area (Å²) in [6, 6.07) is 0. The molecule has 1 aromatic rings. The van der Waals surface area contributed by atoms with Crippen LogP contribution in [0.1, 0.15) is 0 Å². The van der Waals surface area contributed by atoms with E-state index < -0.39 is 7.82 Å². The number of nitrogens with zero attached hydrogens (tertiary/aromatic N) is 2. The van der Waals surface area contributed by atoms with Crippen LogP contribution in [-0.4, -0.2) is 9.97 Å². The minimum absolute atomic E-state index is 0.0193. The molecule has 73 valence electrons. The number of rotatable bonds is 1. The second-order valence-corrected chi connectivity index (χ2v) is 45.0. The average Bonchev–Trinajstić information content (AvgIpc) is 1.85. The maximum atomic E-state index is 5.72. The second kappa shape index (κ2) is 2.60. The third-order valence-electron chi connectivity index (χ3n) is 0.843. The normalized spacial score (nSPS) is 18.1. The molecular formula is C4H3Cl5IrN2. The Morgan fingerprint density at radius 1 is 1.00 bits per heavy atom. The Hall–Kier alpha value is 1.18. The zero-order valence-electron chi connectivity index (χ0n) is 5.35. The fourth-order valence-corrected chi connectivity index (χ4v) is 4.63. The number of hydrogen-bond donors (Lipinski definition) is 0. The summed E-state index contributed by atoms with van der Waals surface area (Å²) in [6.45, 7) is 0. The Kier molecular flexibility index (Phi) is 2.44. The van der Waals surface area contributed by atoms with E-state index in [1.807, 2.05) is 0 Å². The third kappa shape index (κ3) is 3.15. The van der Waals surface area contributed by atoms with Crippen molar-refractivity contribution in [1.29, 1.82) is 0 Å². The number of aromatic nitrogens is 2. The Morgan fingerprint density at radius 3 is 1.83 bits per heavy atom. The molecule has 12 heavy (non-hydrogen) atoms. The quantitative estimate of drug-likeness (QED) is 0.660. The van der Waals surface area contributed by atoms with Gasteiger partial charge in [-0.2, -0.15) is 0 Å². The molecule has 0 saturated carbocycles. The van der Waals surface area contributed by atoms with Gasteiger partial charge in [-0.05, 0) is 0 Å². The molecule has 0 fully saturated rings. The summed E-state index contributed by atoms with van der Waals surface area (Å²) >= 11 is 0. The summed E-state index contributed by atoms with van der Waals surface area (Å²) in [4.78, 5) is 7.46. The van der Waals surface area contributed by atoms with E-state index in [2.05, 4.69) is 9.97 Å². The number of hydrogen-bond acceptors (Lipinski definition) is 2. The molecule has 8 heteroatoms. The van der Waals surface area contributed by atoms with Gasteiger partial charge < -0.3 is 0 Å². The molecule has 1 heterocycles. The first-order valence-electron chi connectivity index (χ1n) is 2.42. The van der Waals surface area contributed by atoms with Crippen LogP contribution in [0.2, 0.25) is 0 Å². The van der Waals surface area contributed by atoms with Crippen molar-refractivity contribution in [1.82, 2.24) is 9.97 Å². The molecule has 0 saturated heterocycles. The van der Waals surface area contributed by atoms with E-state index in [1.54, 1.807) is 0 Å². The summed E-state index contributed by atoms with van der Waals surface area (Å²) in [5.74, 6) is 0. The van der Waals surface area contributed by atoms with Crippen molar-refractivity contribution in [3.8, 4) is 0 Å². The van der Waals surface area contributed by atoms with Gasteiger partial charge in [0.25, 0.3) is 0 Å². The van der Waals surface area contributed by atoms with Crippen LogP contribution in [0.15, 0.2) is 18.6 Å². The standard InChI is InChI=1S/C4H3N2.5ClH.Ir/c1-2-6-4-3-5-1;;;;;;/h1-3H;5*1H;/q;;;;;;+5/p-5. The molecule has 0 N–H and O–H groups in total. The van der Waals surface area contributed by atoms with Gasteiger partial charge in [0.2, 0.25) is 0 Å². The van der Waals surface area contributed by atoms with Crippen LogP contribution in [-0.2, 0) is 7.82 Å². The molecule has 0 atom stereocenters. The summed E-state index contributed by atoms with van der Waals surface area (Å²) < 4.78 is 0.0193. The van der Waals surface area contributed by atoms with Gasteiger partial charge in [-0.25, -0.2) is 0 Å². The van der Waals surface area contributed by atoms with Crippen molar-refractivity contribution < 1.29 is 7.82 Å². The van der Waals surface area contributed by atoms with Crippen molar-refractivity contribution in [2.45, 2.75) is 0 Å². The predicted molar refractivity (Wildman–Crippen MR) is 50.9 cm³/mol. The van der Waals surface area contributed by atoms with E-state index in [9.17, 15) is 0 Å². The summed E-state index contributed by atoms with van der Waals surface area (Å²) in [5, 5.41) is 0. The number of halogens is 5. The molecule has 2 nitrogen and oxygen atoms in total. The van der Waals surface area contributed by atoms with E-state index in [4.69, 9.17) is 47.9 Å². The second-order valence-electron chi connectivity index (χ2n) is 1.80. The van der Waals surface area contributed by atoms with E-state index in [-0.39, 0.29) is 4.21 Å². The van der Waals surface area contributed by atoms with Gasteiger partial charge in [-0.1, -0.05) is 0 Å². The van der Waals surface area contributed by atoms with Gasteiger partial charge in [0, 0.05) is 0 Å². The Balaban J connectivity index is 3.36. The van der Waals surface area contributed by atoms with E-state index in [0.717, 1.165) is 0 Å². The molecule has 0 aromatic carbocycles. The molecule has 0 aliphatic rings. The minimum atomic E-state index is -5.54. The molecular weight excluding hydrogens is 446 g/mol. The zero-order valence-corrected chi connectivity index (χ0v) is 11.5. The molecule has 0 radical (unpaired) electrons. The first kappa shape index (κ1) is 11.3. The Morgan fingerprint density at radius 2 is 1.58 bits per heavy atom. The van der Waals surface area contributed by atoms with Crippen molar-refractivity contribution in [3.05, 3.63) is 18.6 Å². The van der Waals surface area contributed by atoms with Crippen LogP contribution in [0.4, 0.5) is 0 Å². The average molecular weight is 449 g/mol. The summed E-state index contributed by atoms with van der Waals surface area (Å²) in [7, 11) is 23.0. The Labute approximate surface area is 87.7 Å². The zero-order chi connectivity index (χ0) is 9.52. The molecule has 0 unspecified atom stereocenters. The monoisotopic (exact) mass is 447 g/mol. The van der Waals surface area contributed by atoms with Gasteiger partial charge >= 0.3 is 88.5 Å². The molecule has 0 aliphatic heterocycles. The van der Waals surface area contributed by atoms with Gasteiger partial charge in [0.15, 0.2) is 0 Å². The summed E-state index contributed by atoms with van der Waals surface area (Å²) in [6.07, 6.45) is 4.04. The first-order valence-corrected chi connectivity index (χ1v) is 18.5. The van der Waals surface area contributed by atoms with Crippen LogP contribution < -0.4 is 4.21 Å². The molecule has 1 rings (SSSR count). The topological polar surface area (TPSA) is 25.8 Å². The van der Waals surface area contributed by atoms with E-state index >= 15 is 0 Å². The molecule has 0 amide bonds. The fraction of sp³-hybridized carbons (Fsp3) is 0. The predicted octanol–water partition coefficient (Wildman–Crippen LogP) is 3.10. The van der Waals surface area contributed by atoms with Crippen LogP contribution >= 0.6 is 47.9 Å². The van der Waals surface area contributed by atoms with Crippen LogP contribution in [0.5, 0.6) is 0 Å². The van der Waals surface area contributed by atoms with Crippen molar-refractivity contribution >= 4 is 52.1 Å². The maximum absolute atomic E-state index is 5.72. The molecule has 0 spiro atoms. The van der Waals surface area contributed by atoms with Crippen molar-refractivity contribution in [2.24, 2.45) is 0 Å². The van der Waals surface area contributed by atoms with Crippen molar-refractivity contribution in [2.75, 3.05) is 0 Å².